The van der Waals surface area contributed by atoms with Crippen LogP contribution in [0.1, 0.15) is 22.8 Å². The summed E-state index contributed by atoms with van der Waals surface area (Å²) in [7, 11) is 0. The lowest BCUT2D eigenvalue weighted by Gasteiger charge is -2.10. The molecule has 0 aliphatic rings. The zero-order valence-corrected chi connectivity index (χ0v) is 12.2. The maximum atomic E-state index is 11.7. The summed E-state index contributed by atoms with van der Waals surface area (Å²) < 4.78 is 4.98. The first-order chi connectivity index (χ1) is 9.70. The second kappa shape index (κ2) is 6.96. The minimum atomic E-state index is -0.383. The molecule has 0 atom stereocenters. The topological polar surface area (TPSA) is 64.3 Å². The van der Waals surface area contributed by atoms with Gasteiger partial charge in [0.15, 0.2) is 0 Å². The molecule has 0 spiro atoms. The van der Waals surface area contributed by atoms with Gasteiger partial charge in [-0.3, -0.25) is 0 Å². The van der Waals surface area contributed by atoms with Crippen molar-refractivity contribution in [3.8, 4) is 0 Å². The van der Waals surface area contributed by atoms with E-state index in [1.165, 1.54) is 5.56 Å². The van der Waals surface area contributed by atoms with E-state index in [0.29, 0.717) is 17.9 Å². The zero-order chi connectivity index (χ0) is 14.4. The Labute approximate surface area is 122 Å². The third-order valence-corrected chi connectivity index (χ3v) is 3.60. The minimum Gasteiger partial charge on any atom is -0.462 e. The van der Waals surface area contributed by atoms with Crippen molar-refractivity contribution in [3.05, 3.63) is 46.2 Å². The SMILES string of the molecule is CCOC(=O)c1cc(NCCc2ccsc2)ccc1N. The van der Waals surface area contributed by atoms with Crippen LogP contribution in [0.5, 0.6) is 0 Å². The number of benzene rings is 1. The summed E-state index contributed by atoms with van der Waals surface area (Å²) in [4.78, 5) is 11.7. The number of anilines is 2. The van der Waals surface area contributed by atoms with Crippen LogP contribution >= 0.6 is 11.3 Å². The number of rotatable bonds is 6. The van der Waals surface area contributed by atoms with Crippen LogP contribution in [0.3, 0.4) is 0 Å². The van der Waals surface area contributed by atoms with Crippen molar-refractivity contribution in [2.75, 3.05) is 24.2 Å². The van der Waals surface area contributed by atoms with Gasteiger partial charge in [0.25, 0.3) is 0 Å². The maximum absolute atomic E-state index is 11.7. The number of nitrogens with two attached hydrogens (primary N) is 1. The fraction of sp³-hybridized carbons (Fsp3) is 0.267. The van der Waals surface area contributed by atoms with E-state index in [0.717, 1.165) is 18.7 Å². The van der Waals surface area contributed by atoms with E-state index in [-0.39, 0.29) is 5.97 Å². The van der Waals surface area contributed by atoms with Gasteiger partial charge >= 0.3 is 5.97 Å². The Balaban J connectivity index is 1.98. The van der Waals surface area contributed by atoms with Crippen molar-refractivity contribution in [1.29, 1.82) is 0 Å². The summed E-state index contributed by atoms with van der Waals surface area (Å²) in [5.41, 5.74) is 8.83. The molecule has 20 heavy (non-hydrogen) atoms. The summed E-state index contributed by atoms with van der Waals surface area (Å²) in [6, 6.07) is 7.44. The average Bonchev–Trinajstić information content (AvgIpc) is 2.94. The van der Waals surface area contributed by atoms with Crippen LogP contribution in [0.2, 0.25) is 0 Å². The van der Waals surface area contributed by atoms with Crippen molar-refractivity contribution in [2.45, 2.75) is 13.3 Å². The number of thiophene rings is 1. The Kier molecular flexibility index (Phi) is 5.01. The van der Waals surface area contributed by atoms with E-state index in [4.69, 9.17) is 10.5 Å². The third-order valence-electron chi connectivity index (χ3n) is 2.87. The number of carbonyl (C=O) groups excluding carboxylic acids is 1. The first-order valence-electron chi connectivity index (χ1n) is 6.52. The monoisotopic (exact) mass is 290 g/mol. The van der Waals surface area contributed by atoms with E-state index in [2.05, 4.69) is 22.1 Å². The molecule has 1 heterocycles. The molecule has 0 bridgehead atoms. The highest BCUT2D eigenvalue weighted by Crippen LogP contribution is 2.19. The minimum absolute atomic E-state index is 0.341. The predicted molar refractivity (Wildman–Crippen MR) is 83.3 cm³/mol. The number of esters is 1. The molecule has 0 saturated heterocycles. The Morgan fingerprint density at radius 2 is 2.25 bits per heavy atom. The fourth-order valence-corrected chi connectivity index (χ4v) is 2.54. The highest BCUT2D eigenvalue weighted by molar-refractivity contribution is 7.07. The normalized spacial score (nSPS) is 10.2. The second-order valence-electron chi connectivity index (χ2n) is 4.33. The molecule has 0 aliphatic carbocycles. The van der Waals surface area contributed by atoms with Gasteiger partial charge in [-0.25, -0.2) is 4.79 Å². The van der Waals surface area contributed by atoms with Gasteiger partial charge in [-0.05, 0) is 53.9 Å². The van der Waals surface area contributed by atoms with Crippen LogP contribution in [0.15, 0.2) is 35.0 Å². The average molecular weight is 290 g/mol. The van der Waals surface area contributed by atoms with Crippen molar-refractivity contribution >= 4 is 28.7 Å². The summed E-state index contributed by atoms with van der Waals surface area (Å²) >= 11 is 1.69. The lowest BCUT2D eigenvalue weighted by atomic mass is 10.1. The van der Waals surface area contributed by atoms with E-state index in [9.17, 15) is 4.79 Å². The van der Waals surface area contributed by atoms with Gasteiger partial charge in [-0.2, -0.15) is 11.3 Å². The second-order valence-corrected chi connectivity index (χ2v) is 5.11. The van der Waals surface area contributed by atoms with E-state index < -0.39 is 0 Å². The van der Waals surface area contributed by atoms with Crippen LogP contribution < -0.4 is 11.1 Å². The molecule has 1 aromatic heterocycles. The van der Waals surface area contributed by atoms with Crippen LogP contribution in [0.4, 0.5) is 11.4 Å². The van der Waals surface area contributed by atoms with Gasteiger partial charge in [-0.1, -0.05) is 0 Å². The first-order valence-corrected chi connectivity index (χ1v) is 7.46. The summed E-state index contributed by atoms with van der Waals surface area (Å²) in [5, 5.41) is 7.49. The molecule has 0 amide bonds. The standard InChI is InChI=1S/C15H18N2O2S/c1-2-19-15(18)13-9-12(3-4-14(13)16)17-7-5-11-6-8-20-10-11/h3-4,6,8-10,17H,2,5,7,16H2,1H3. The molecule has 0 saturated carbocycles. The van der Waals surface area contributed by atoms with Crippen LogP contribution in [-0.2, 0) is 11.2 Å². The van der Waals surface area contributed by atoms with Crippen molar-refractivity contribution in [2.24, 2.45) is 0 Å². The Morgan fingerprint density at radius 1 is 1.40 bits per heavy atom. The Bertz CT molecular complexity index is 567. The Morgan fingerprint density at radius 3 is 2.95 bits per heavy atom. The van der Waals surface area contributed by atoms with Crippen LogP contribution in [0.25, 0.3) is 0 Å². The number of ether oxygens (including phenoxy) is 1. The van der Waals surface area contributed by atoms with Crippen LogP contribution in [0, 0.1) is 0 Å². The van der Waals surface area contributed by atoms with Crippen molar-refractivity contribution < 1.29 is 9.53 Å². The van der Waals surface area contributed by atoms with Gasteiger partial charge in [-0.15, -0.1) is 0 Å². The molecule has 2 aromatic rings. The highest BCUT2D eigenvalue weighted by atomic mass is 32.1. The number of hydrogen-bond donors (Lipinski definition) is 2. The van der Waals surface area contributed by atoms with Crippen molar-refractivity contribution in [3.63, 3.8) is 0 Å². The molecule has 4 nitrogen and oxygen atoms in total. The smallest absolute Gasteiger partial charge is 0.340 e. The molecule has 0 aliphatic heterocycles. The lowest BCUT2D eigenvalue weighted by Crippen LogP contribution is -2.10. The molecular weight excluding hydrogens is 272 g/mol. The maximum Gasteiger partial charge on any atom is 0.340 e. The molecule has 3 N–H and O–H groups in total. The zero-order valence-electron chi connectivity index (χ0n) is 11.4. The van der Waals surface area contributed by atoms with Gasteiger partial charge < -0.3 is 15.8 Å². The molecule has 5 heteroatoms. The van der Waals surface area contributed by atoms with Gasteiger partial charge in [0.05, 0.1) is 12.2 Å². The Hall–Kier alpha value is -2.01. The lowest BCUT2D eigenvalue weighted by molar-refractivity contribution is 0.0527. The van der Waals surface area contributed by atoms with E-state index >= 15 is 0 Å². The molecule has 0 radical (unpaired) electrons. The molecule has 1 aromatic carbocycles. The van der Waals surface area contributed by atoms with E-state index in [1.54, 1.807) is 30.4 Å². The van der Waals surface area contributed by atoms with Crippen molar-refractivity contribution in [1.82, 2.24) is 0 Å². The molecule has 106 valence electrons. The number of nitrogens with one attached hydrogen (secondary N) is 1. The molecule has 2 rings (SSSR count). The molecule has 0 fully saturated rings. The number of carbonyl (C=O) groups is 1. The van der Waals surface area contributed by atoms with E-state index in [1.807, 2.05) is 6.07 Å². The van der Waals surface area contributed by atoms with Gasteiger partial charge in [0.2, 0.25) is 0 Å². The first kappa shape index (κ1) is 14.4. The molecule has 0 unspecified atom stereocenters. The quantitative estimate of drug-likeness (QED) is 0.633. The molecular formula is C15H18N2O2S. The summed E-state index contributed by atoms with van der Waals surface area (Å²) in [5.74, 6) is -0.383. The third kappa shape index (κ3) is 3.74. The fourth-order valence-electron chi connectivity index (χ4n) is 1.84. The summed E-state index contributed by atoms with van der Waals surface area (Å²) in [6.07, 6.45) is 0.947. The van der Waals surface area contributed by atoms with Gasteiger partial charge in [0, 0.05) is 17.9 Å². The predicted octanol–water partition coefficient (Wildman–Crippen LogP) is 3.16. The number of hydrogen-bond acceptors (Lipinski definition) is 5. The largest absolute Gasteiger partial charge is 0.462 e. The van der Waals surface area contributed by atoms with Gasteiger partial charge in [0.1, 0.15) is 0 Å². The van der Waals surface area contributed by atoms with Crippen LogP contribution in [-0.4, -0.2) is 19.1 Å². The summed E-state index contributed by atoms with van der Waals surface area (Å²) in [6.45, 7) is 2.92. The highest BCUT2D eigenvalue weighted by Gasteiger charge is 2.11. The number of nitrogen functional groups attached to an aromatic ring is 1.